The molecule has 6 heteroatoms. The summed E-state index contributed by atoms with van der Waals surface area (Å²) in [5.41, 5.74) is 2.85. The van der Waals surface area contributed by atoms with Gasteiger partial charge in [0.2, 0.25) is 8.38 Å². The highest BCUT2D eigenvalue weighted by atomic mass is 31.2. The van der Waals surface area contributed by atoms with E-state index in [0.717, 1.165) is 16.4 Å². The van der Waals surface area contributed by atoms with E-state index < -0.39 is 8.38 Å². The van der Waals surface area contributed by atoms with Gasteiger partial charge in [-0.1, -0.05) is 12.1 Å². The van der Waals surface area contributed by atoms with Gasteiger partial charge >= 0.3 is 0 Å². The van der Waals surface area contributed by atoms with E-state index in [2.05, 4.69) is 5.32 Å². The van der Waals surface area contributed by atoms with E-state index in [-0.39, 0.29) is 11.7 Å². The van der Waals surface area contributed by atoms with Crippen molar-refractivity contribution < 1.29 is 18.9 Å². The van der Waals surface area contributed by atoms with Crippen LogP contribution in [0.5, 0.6) is 5.75 Å². The molecule has 0 unspecified atom stereocenters. The first kappa shape index (κ1) is 15.7. The first-order valence-electron chi connectivity index (χ1n) is 6.97. The minimum Gasteiger partial charge on any atom is -0.508 e. The summed E-state index contributed by atoms with van der Waals surface area (Å²) in [5.74, 6) is -0.0603. The van der Waals surface area contributed by atoms with Gasteiger partial charge in [-0.15, -0.1) is 0 Å². The van der Waals surface area contributed by atoms with Gasteiger partial charge in [0.15, 0.2) is 0 Å². The van der Waals surface area contributed by atoms with Crippen molar-refractivity contribution in [2.24, 2.45) is 0 Å². The predicted octanol–water partition coefficient (Wildman–Crippen LogP) is 3.11. The molecule has 0 aliphatic carbocycles. The molecule has 1 aliphatic rings. The Balaban J connectivity index is 2.00. The number of nitrogens with one attached hydrogen (secondary N) is 1. The third-order valence-electron chi connectivity index (χ3n) is 3.51. The van der Waals surface area contributed by atoms with Crippen LogP contribution in [-0.4, -0.2) is 25.2 Å². The van der Waals surface area contributed by atoms with Crippen LogP contribution < -0.4 is 10.6 Å². The van der Waals surface area contributed by atoms with Gasteiger partial charge in [-0.05, 0) is 35.9 Å². The van der Waals surface area contributed by atoms with Gasteiger partial charge in [-0.25, -0.2) is 0 Å². The number of hydrogen-bond donors (Lipinski definition) is 2. The minimum absolute atomic E-state index is 0.123. The molecule has 2 aromatic rings. The van der Waals surface area contributed by atoms with Gasteiger partial charge in [0, 0.05) is 36.7 Å². The number of phenols is 1. The van der Waals surface area contributed by atoms with Crippen molar-refractivity contribution in [2.75, 3.05) is 19.5 Å². The Bertz CT molecular complexity index is 784. The van der Waals surface area contributed by atoms with E-state index in [0.29, 0.717) is 11.3 Å². The molecule has 0 radical (unpaired) electrons. The third kappa shape index (κ3) is 3.13. The second kappa shape index (κ2) is 6.50. The second-order valence-corrected chi connectivity index (χ2v) is 6.72. The van der Waals surface area contributed by atoms with E-state index >= 15 is 0 Å². The molecule has 2 aromatic carbocycles. The minimum atomic E-state index is -1.12. The van der Waals surface area contributed by atoms with Crippen molar-refractivity contribution in [3.63, 3.8) is 0 Å². The molecule has 1 amide bonds. The molecular weight excluding hydrogens is 313 g/mol. The lowest BCUT2D eigenvalue weighted by Crippen LogP contribution is -2.05. The van der Waals surface area contributed by atoms with Gasteiger partial charge in [0.1, 0.15) is 5.75 Å². The van der Waals surface area contributed by atoms with E-state index in [1.54, 1.807) is 32.4 Å². The molecule has 0 fully saturated rings. The Morgan fingerprint density at radius 1 is 1.13 bits per heavy atom. The fourth-order valence-corrected chi connectivity index (χ4v) is 3.54. The Labute approximate surface area is 135 Å². The third-order valence-corrected chi connectivity index (χ3v) is 4.87. The predicted molar refractivity (Wildman–Crippen MR) is 91.6 cm³/mol. The zero-order chi connectivity index (χ0) is 16.4. The standard InChI is InChI=1S/C17H16NO4P/c1-21-23(22-2)13-5-3-4-11(8-13)9-15-14-7-6-12(19)10-16(14)18-17(15)20/h3-10,19H,1-2H3,(H,18,20)/b15-9-. The number of fused-ring (bicyclic) bond motifs is 1. The van der Waals surface area contributed by atoms with Crippen molar-refractivity contribution in [3.05, 3.63) is 53.6 Å². The van der Waals surface area contributed by atoms with E-state index in [4.69, 9.17) is 9.05 Å². The number of carbonyl (C=O) groups is 1. The highest BCUT2D eigenvalue weighted by molar-refractivity contribution is 7.55. The van der Waals surface area contributed by atoms with Crippen molar-refractivity contribution in [3.8, 4) is 5.75 Å². The molecule has 0 bridgehead atoms. The molecule has 23 heavy (non-hydrogen) atoms. The number of phenolic OH excluding ortho intramolecular Hbond substituents is 1. The molecule has 1 aliphatic heterocycles. The number of aromatic hydroxyl groups is 1. The highest BCUT2D eigenvalue weighted by Gasteiger charge is 2.24. The lowest BCUT2D eigenvalue weighted by Gasteiger charge is -2.12. The van der Waals surface area contributed by atoms with Gasteiger partial charge in [0.25, 0.3) is 5.91 Å². The molecule has 0 saturated heterocycles. The number of benzene rings is 2. The molecule has 1 heterocycles. The van der Waals surface area contributed by atoms with Gasteiger partial charge in [0.05, 0.1) is 5.69 Å². The van der Waals surface area contributed by atoms with Crippen LogP contribution in [0.1, 0.15) is 11.1 Å². The summed E-state index contributed by atoms with van der Waals surface area (Å²) in [6.45, 7) is 0. The van der Waals surface area contributed by atoms with Crippen molar-refractivity contribution in [1.29, 1.82) is 0 Å². The first-order valence-corrected chi connectivity index (χ1v) is 8.15. The fourth-order valence-electron chi connectivity index (χ4n) is 2.51. The average molecular weight is 329 g/mol. The summed E-state index contributed by atoms with van der Waals surface area (Å²) in [5, 5.41) is 13.2. The van der Waals surface area contributed by atoms with Gasteiger partial charge in [-0.3, -0.25) is 4.79 Å². The molecule has 3 rings (SSSR count). The molecule has 5 nitrogen and oxygen atoms in total. The van der Waals surface area contributed by atoms with Gasteiger partial charge in [-0.2, -0.15) is 0 Å². The van der Waals surface area contributed by atoms with E-state index in [1.165, 1.54) is 0 Å². The number of rotatable bonds is 4. The Morgan fingerprint density at radius 3 is 2.65 bits per heavy atom. The molecule has 118 valence electrons. The maximum absolute atomic E-state index is 12.2. The summed E-state index contributed by atoms with van der Waals surface area (Å²) in [7, 11) is 2.09. The SMILES string of the molecule is COP(OC)c1cccc(/C=C2\C(=O)Nc3cc(O)ccc32)c1. The Morgan fingerprint density at radius 2 is 1.91 bits per heavy atom. The largest absolute Gasteiger partial charge is 0.508 e. The Kier molecular flexibility index (Phi) is 4.44. The number of carbonyl (C=O) groups excluding carboxylic acids is 1. The van der Waals surface area contributed by atoms with Crippen LogP contribution in [0.25, 0.3) is 11.6 Å². The second-order valence-electron chi connectivity index (χ2n) is 4.96. The van der Waals surface area contributed by atoms with Crippen LogP contribution in [0.3, 0.4) is 0 Å². The lowest BCUT2D eigenvalue weighted by molar-refractivity contribution is -0.110. The fraction of sp³-hybridized carbons (Fsp3) is 0.118. The number of anilines is 1. The summed E-state index contributed by atoms with van der Waals surface area (Å²) in [6, 6.07) is 12.5. The summed E-state index contributed by atoms with van der Waals surface area (Å²) >= 11 is 0. The van der Waals surface area contributed by atoms with Crippen LogP contribution in [0, 0.1) is 0 Å². The maximum atomic E-state index is 12.2. The van der Waals surface area contributed by atoms with Crippen molar-refractivity contribution in [1.82, 2.24) is 0 Å². The summed E-state index contributed by atoms with van der Waals surface area (Å²) in [4.78, 5) is 12.2. The molecule has 2 N–H and O–H groups in total. The Hall–Kier alpha value is -2.20. The smallest absolute Gasteiger partial charge is 0.256 e. The van der Waals surface area contributed by atoms with Crippen LogP contribution in [0.4, 0.5) is 5.69 Å². The summed E-state index contributed by atoms with van der Waals surface area (Å²) in [6.07, 6.45) is 1.82. The van der Waals surface area contributed by atoms with Crippen LogP contribution in [-0.2, 0) is 13.8 Å². The normalized spacial score (nSPS) is 15.1. The topological polar surface area (TPSA) is 67.8 Å². The molecule has 0 spiro atoms. The highest BCUT2D eigenvalue weighted by Crippen LogP contribution is 2.37. The van der Waals surface area contributed by atoms with Crippen molar-refractivity contribution >= 4 is 36.9 Å². The quantitative estimate of drug-likeness (QED) is 0.668. The van der Waals surface area contributed by atoms with Gasteiger partial charge < -0.3 is 19.5 Å². The average Bonchev–Trinajstić information content (AvgIpc) is 2.84. The van der Waals surface area contributed by atoms with Crippen molar-refractivity contribution in [2.45, 2.75) is 0 Å². The number of hydrogen-bond acceptors (Lipinski definition) is 4. The lowest BCUT2D eigenvalue weighted by atomic mass is 10.0. The molecule has 0 aromatic heterocycles. The molecular formula is C17H16NO4P. The van der Waals surface area contributed by atoms with Crippen LogP contribution in [0.15, 0.2) is 42.5 Å². The first-order chi connectivity index (χ1) is 11.1. The van der Waals surface area contributed by atoms with E-state index in [9.17, 15) is 9.90 Å². The zero-order valence-corrected chi connectivity index (χ0v) is 13.6. The monoisotopic (exact) mass is 329 g/mol. The molecule has 0 saturated carbocycles. The molecule has 0 atom stereocenters. The number of amides is 1. The summed E-state index contributed by atoms with van der Waals surface area (Å²) < 4.78 is 10.6. The maximum Gasteiger partial charge on any atom is 0.256 e. The van der Waals surface area contributed by atoms with E-state index in [1.807, 2.05) is 30.3 Å². The zero-order valence-electron chi connectivity index (χ0n) is 12.7. The van der Waals surface area contributed by atoms with Crippen LogP contribution in [0.2, 0.25) is 0 Å². The van der Waals surface area contributed by atoms with Crippen LogP contribution >= 0.6 is 8.38 Å².